The number of pyridine rings is 1. The zero-order valence-electron chi connectivity index (χ0n) is 11.6. The Morgan fingerprint density at radius 2 is 1.95 bits per heavy atom. The molecule has 0 N–H and O–H groups in total. The van der Waals surface area contributed by atoms with Crippen LogP contribution >= 0.6 is 27.5 Å². The molecule has 1 atom stereocenters. The van der Waals surface area contributed by atoms with Crippen molar-refractivity contribution in [2.24, 2.45) is 5.92 Å². The lowest BCUT2D eigenvalue weighted by Crippen LogP contribution is -2.39. The Balaban J connectivity index is 1.95. The van der Waals surface area contributed by atoms with Crippen LogP contribution in [0, 0.1) is 5.92 Å². The fraction of sp³-hybridized carbons (Fsp3) is 0.643. The molecule has 0 bridgehead atoms. The van der Waals surface area contributed by atoms with E-state index in [0.29, 0.717) is 16.9 Å². The first kappa shape index (κ1) is 15.7. The van der Waals surface area contributed by atoms with Gasteiger partial charge in [0.1, 0.15) is 10.0 Å². The number of hydrogen-bond acceptors (Lipinski definition) is 3. The van der Waals surface area contributed by atoms with E-state index in [1.54, 1.807) is 10.4 Å². The molecular formula is C14H18BrClN2O2S. The van der Waals surface area contributed by atoms with E-state index in [0.717, 1.165) is 25.7 Å². The number of rotatable bonds is 3. The van der Waals surface area contributed by atoms with Crippen molar-refractivity contribution in [1.82, 2.24) is 9.29 Å². The fourth-order valence-corrected chi connectivity index (χ4v) is 6.26. The van der Waals surface area contributed by atoms with Gasteiger partial charge in [-0.3, -0.25) is 0 Å². The standard InChI is InChI=1S/C14H18BrClN2O2S/c15-11-8-13(14(16)17-9-11)21(19,20)18-7-3-6-12(18)10-4-1-2-5-10/h8-10,12H,1-7H2. The highest BCUT2D eigenvalue weighted by atomic mass is 79.9. The van der Waals surface area contributed by atoms with Crippen LogP contribution in [0.3, 0.4) is 0 Å². The Bertz CT molecular complexity index is 632. The summed E-state index contributed by atoms with van der Waals surface area (Å²) in [4.78, 5) is 4.07. The number of nitrogens with zero attached hydrogens (tertiary/aromatic N) is 2. The molecule has 0 aromatic carbocycles. The summed E-state index contributed by atoms with van der Waals surface area (Å²) in [5.74, 6) is 0.501. The Morgan fingerprint density at radius 1 is 1.24 bits per heavy atom. The lowest BCUT2D eigenvalue weighted by atomic mass is 9.97. The molecule has 4 nitrogen and oxygen atoms in total. The normalized spacial score (nSPS) is 24.8. The van der Waals surface area contributed by atoms with Gasteiger partial charge in [-0.1, -0.05) is 24.4 Å². The van der Waals surface area contributed by atoms with Gasteiger partial charge in [-0.15, -0.1) is 0 Å². The second-order valence-corrected chi connectivity index (χ2v) is 8.95. The van der Waals surface area contributed by atoms with Crippen molar-refractivity contribution in [3.05, 3.63) is 21.9 Å². The van der Waals surface area contributed by atoms with Gasteiger partial charge in [-0.25, -0.2) is 13.4 Å². The molecule has 7 heteroatoms. The highest BCUT2D eigenvalue weighted by Gasteiger charge is 2.41. The summed E-state index contributed by atoms with van der Waals surface area (Å²) >= 11 is 9.30. The largest absolute Gasteiger partial charge is 0.246 e. The van der Waals surface area contributed by atoms with Crippen molar-refractivity contribution >= 4 is 37.6 Å². The van der Waals surface area contributed by atoms with E-state index in [1.165, 1.54) is 19.0 Å². The molecule has 1 saturated carbocycles. The Labute approximate surface area is 139 Å². The molecular weight excluding hydrogens is 376 g/mol. The average Bonchev–Trinajstić information content (AvgIpc) is 3.10. The van der Waals surface area contributed by atoms with Crippen LogP contribution in [0.4, 0.5) is 0 Å². The highest BCUT2D eigenvalue weighted by molar-refractivity contribution is 9.10. The number of aromatic nitrogens is 1. The van der Waals surface area contributed by atoms with Crippen molar-refractivity contribution in [3.63, 3.8) is 0 Å². The van der Waals surface area contributed by atoms with Gasteiger partial charge in [0.05, 0.1) is 0 Å². The summed E-state index contributed by atoms with van der Waals surface area (Å²) in [6, 6.07) is 1.68. The zero-order chi connectivity index (χ0) is 15.0. The van der Waals surface area contributed by atoms with E-state index in [9.17, 15) is 8.42 Å². The molecule has 2 aliphatic rings. The third-order valence-corrected chi connectivity index (χ3v) is 7.34. The highest BCUT2D eigenvalue weighted by Crippen LogP contribution is 2.39. The predicted octanol–water partition coefficient (Wildman–Crippen LogP) is 3.84. The van der Waals surface area contributed by atoms with Gasteiger partial charge in [0.2, 0.25) is 10.0 Å². The molecule has 3 rings (SSSR count). The van der Waals surface area contributed by atoms with Crippen molar-refractivity contribution in [3.8, 4) is 0 Å². The van der Waals surface area contributed by atoms with Crippen LogP contribution in [0.15, 0.2) is 21.6 Å². The van der Waals surface area contributed by atoms with E-state index < -0.39 is 10.0 Å². The molecule has 1 aliphatic carbocycles. The summed E-state index contributed by atoms with van der Waals surface area (Å²) in [5.41, 5.74) is 0. The maximum Gasteiger partial charge on any atom is 0.246 e. The van der Waals surface area contributed by atoms with Gasteiger partial charge in [0, 0.05) is 23.3 Å². The minimum Gasteiger partial charge on any atom is -0.242 e. The molecule has 21 heavy (non-hydrogen) atoms. The second-order valence-electron chi connectivity index (χ2n) is 5.81. The van der Waals surface area contributed by atoms with Crippen LogP contribution in [-0.4, -0.2) is 30.3 Å². The monoisotopic (exact) mass is 392 g/mol. The Kier molecular flexibility index (Phi) is 4.60. The SMILES string of the molecule is O=S(=O)(c1cc(Br)cnc1Cl)N1CCCC1C1CCCC1. The van der Waals surface area contributed by atoms with Gasteiger partial charge in [0.25, 0.3) is 0 Å². The van der Waals surface area contributed by atoms with E-state index in [1.807, 2.05) is 0 Å². The van der Waals surface area contributed by atoms with Crippen molar-refractivity contribution in [2.45, 2.75) is 49.5 Å². The number of halogens is 2. The van der Waals surface area contributed by atoms with Crippen LogP contribution in [0.25, 0.3) is 0 Å². The molecule has 0 radical (unpaired) electrons. The molecule has 2 heterocycles. The molecule has 2 fully saturated rings. The Hall–Kier alpha value is -0.170. The molecule has 1 saturated heterocycles. The van der Waals surface area contributed by atoms with Crippen LogP contribution in [0.5, 0.6) is 0 Å². The summed E-state index contributed by atoms with van der Waals surface area (Å²) < 4.78 is 28.2. The number of sulfonamides is 1. The average molecular weight is 394 g/mol. The van der Waals surface area contributed by atoms with Gasteiger partial charge in [-0.05, 0) is 53.6 Å². The molecule has 1 aromatic rings. The lowest BCUT2D eigenvalue weighted by Gasteiger charge is -2.28. The quantitative estimate of drug-likeness (QED) is 0.733. The van der Waals surface area contributed by atoms with Crippen LogP contribution < -0.4 is 0 Å². The molecule has 1 unspecified atom stereocenters. The van der Waals surface area contributed by atoms with Crippen molar-refractivity contribution < 1.29 is 8.42 Å². The summed E-state index contributed by atoms with van der Waals surface area (Å²) in [7, 11) is -3.57. The zero-order valence-corrected chi connectivity index (χ0v) is 14.8. The Morgan fingerprint density at radius 3 is 2.67 bits per heavy atom. The van der Waals surface area contributed by atoms with Gasteiger partial charge >= 0.3 is 0 Å². The van der Waals surface area contributed by atoms with Gasteiger partial charge < -0.3 is 0 Å². The van der Waals surface area contributed by atoms with E-state index in [4.69, 9.17) is 11.6 Å². The minimum absolute atomic E-state index is 0.0512. The maximum atomic E-state index is 13.0. The second kappa shape index (κ2) is 6.14. The lowest BCUT2D eigenvalue weighted by molar-refractivity contribution is 0.288. The predicted molar refractivity (Wildman–Crippen MR) is 85.8 cm³/mol. The number of hydrogen-bond donors (Lipinski definition) is 0. The summed E-state index contributed by atoms with van der Waals surface area (Å²) in [6.45, 7) is 0.590. The van der Waals surface area contributed by atoms with Crippen LogP contribution in [0.1, 0.15) is 38.5 Å². The first-order chi connectivity index (χ1) is 10.00. The smallest absolute Gasteiger partial charge is 0.242 e. The van der Waals surface area contributed by atoms with Gasteiger partial charge in [0.15, 0.2) is 0 Å². The molecule has 0 spiro atoms. The van der Waals surface area contributed by atoms with E-state index >= 15 is 0 Å². The van der Waals surface area contributed by atoms with Crippen molar-refractivity contribution in [1.29, 1.82) is 0 Å². The first-order valence-electron chi connectivity index (χ1n) is 7.33. The van der Waals surface area contributed by atoms with E-state index in [2.05, 4.69) is 20.9 Å². The molecule has 1 aliphatic heterocycles. The summed E-state index contributed by atoms with van der Waals surface area (Å²) in [6.07, 6.45) is 8.12. The molecule has 116 valence electrons. The maximum absolute atomic E-state index is 13.0. The summed E-state index contributed by atoms with van der Waals surface area (Å²) in [5, 5.41) is 0.0512. The fourth-order valence-electron chi connectivity index (χ4n) is 3.59. The third kappa shape index (κ3) is 3.00. The molecule has 1 aromatic heterocycles. The van der Waals surface area contributed by atoms with Crippen LogP contribution in [0.2, 0.25) is 5.15 Å². The minimum atomic E-state index is -3.57. The topological polar surface area (TPSA) is 50.3 Å². The van der Waals surface area contributed by atoms with E-state index in [-0.39, 0.29) is 16.1 Å². The molecule has 0 amide bonds. The van der Waals surface area contributed by atoms with Gasteiger partial charge in [-0.2, -0.15) is 4.31 Å². The first-order valence-corrected chi connectivity index (χ1v) is 9.94. The van der Waals surface area contributed by atoms with Crippen LogP contribution in [-0.2, 0) is 10.0 Å². The third-order valence-electron chi connectivity index (χ3n) is 4.55. The van der Waals surface area contributed by atoms with Crippen molar-refractivity contribution in [2.75, 3.05) is 6.54 Å².